The zero-order chi connectivity index (χ0) is 28.2. The summed E-state index contributed by atoms with van der Waals surface area (Å²) in [5.74, 6) is 1.13. The molecule has 0 aliphatic carbocycles. The number of hydrogen-bond donors (Lipinski definition) is 3. The smallest absolute Gasteiger partial charge is 0.277 e. The second kappa shape index (κ2) is 12.1. The van der Waals surface area contributed by atoms with E-state index in [1.165, 1.54) is 29.8 Å². The number of nitrogens with zero attached hydrogens (tertiary/aromatic N) is 3. The highest BCUT2D eigenvalue weighted by Gasteiger charge is 2.28. The van der Waals surface area contributed by atoms with Gasteiger partial charge in [0.1, 0.15) is 11.6 Å². The molecule has 2 aromatic carbocycles. The predicted octanol–water partition coefficient (Wildman–Crippen LogP) is 2.77. The number of aromatic amines is 1. The summed E-state index contributed by atoms with van der Waals surface area (Å²) in [5.41, 5.74) is 1.34. The van der Waals surface area contributed by atoms with Crippen LogP contribution in [0.5, 0.6) is 5.75 Å². The van der Waals surface area contributed by atoms with Gasteiger partial charge >= 0.3 is 0 Å². The summed E-state index contributed by atoms with van der Waals surface area (Å²) >= 11 is 0. The van der Waals surface area contributed by atoms with Crippen molar-refractivity contribution in [2.75, 3.05) is 20.3 Å². The molecule has 12 heteroatoms. The normalized spacial score (nSPS) is 13.5. The molecule has 2 heterocycles. The number of sulfonamides is 1. The summed E-state index contributed by atoms with van der Waals surface area (Å²) in [6.07, 6.45) is 0.278. The molecule has 208 valence electrons. The van der Waals surface area contributed by atoms with Crippen molar-refractivity contribution in [2.24, 2.45) is 0 Å². The largest absolute Gasteiger partial charge is 0.493 e. The Kier molecular flexibility index (Phi) is 8.80. The third-order valence-electron chi connectivity index (χ3n) is 6.21. The van der Waals surface area contributed by atoms with Gasteiger partial charge in [-0.2, -0.15) is 0 Å². The second-order valence-electron chi connectivity index (χ2n) is 9.06. The van der Waals surface area contributed by atoms with E-state index in [1.54, 1.807) is 44.2 Å². The van der Waals surface area contributed by atoms with Gasteiger partial charge < -0.3 is 19.6 Å². The Morgan fingerprint density at radius 1 is 1.15 bits per heavy atom. The molecule has 0 saturated carbocycles. The maximum absolute atomic E-state index is 13.5. The molecule has 4 rings (SSSR count). The highest BCUT2D eigenvalue weighted by atomic mass is 32.2. The third-order valence-corrected chi connectivity index (χ3v) is 7.70. The molecular weight excluding hydrogens is 522 g/mol. The topological polar surface area (TPSA) is 148 Å². The van der Waals surface area contributed by atoms with Crippen LogP contribution in [0.4, 0.5) is 0 Å². The first-order valence-corrected chi connectivity index (χ1v) is 14.2. The summed E-state index contributed by atoms with van der Waals surface area (Å²) in [7, 11) is -2.72. The van der Waals surface area contributed by atoms with Crippen molar-refractivity contribution in [1.82, 2.24) is 24.3 Å². The van der Waals surface area contributed by atoms with Crippen LogP contribution in [0.1, 0.15) is 43.5 Å². The van der Waals surface area contributed by atoms with E-state index < -0.39 is 27.7 Å². The average molecular weight is 556 g/mol. The van der Waals surface area contributed by atoms with E-state index in [9.17, 15) is 18.3 Å². The number of aryl methyl sites for hydroxylation is 2. The number of ether oxygens (including phenoxy) is 2. The summed E-state index contributed by atoms with van der Waals surface area (Å²) in [6.45, 7) is 5.80. The lowest BCUT2D eigenvalue weighted by atomic mass is 10.0. The Morgan fingerprint density at radius 2 is 1.90 bits per heavy atom. The van der Waals surface area contributed by atoms with E-state index >= 15 is 0 Å². The van der Waals surface area contributed by atoms with E-state index in [1.807, 2.05) is 6.92 Å². The molecule has 2 atom stereocenters. The molecule has 0 saturated heterocycles. The van der Waals surface area contributed by atoms with E-state index in [0.29, 0.717) is 46.9 Å². The Balaban J connectivity index is 1.78. The number of nitrogens with one attached hydrogen (secondary N) is 2. The number of rotatable bonds is 12. The van der Waals surface area contributed by atoms with Crippen LogP contribution in [0.3, 0.4) is 0 Å². The standard InChI is InChI=1S/C27H33N5O6S/c1-5-10-23-28-17(3)24-27(34)29-26(30-32(23)24)20-15-19(13-14-22(20)38-6-2)39(35,36)31-21(16-37-4)25(33)18-11-8-7-9-12-18/h7-9,11-15,21,25,31,33H,5-6,10,16H2,1-4H3,(H,29,30,34)/t21?,25-/m0/s1. The molecule has 0 bridgehead atoms. The first-order valence-electron chi connectivity index (χ1n) is 12.7. The molecule has 1 unspecified atom stereocenters. The lowest BCUT2D eigenvalue weighted by Crippen LogP contribution is -2.42. The van der Waals surface area contributed by atoms with Crippen LogP contribution in [-0.4, -0.2) is 59.5 Å². The quantitative estimate of drug-likeness (QED) is 0.242. The number of benzene rings is 2. The van der Waals surface area contributed by atoms with Crippen LogP contribution in [0.15, 0.2) is 58.2 Å². The molecule has 39 heavy (non-hydrogen) atoms. The first kappa shape index (κ1) is 28.4. The predicted molar refractivity (Wildman–Crippen MR) is 146 cm³/mol. The van der Waals surface area contributed by atoms with Crippen molar-refractivity contribution < 1.29 is 23.0 Å². The van der Waals surface area contributed by atoms with Crippen molar-refractivity contribution in [1.29, 1.82) is 0 Å². The monoisotopic (exact) mass is 555 g/mol. The molecule has 0 fully saturated rings. The van der Waals surface area contributed by atoms with Crippen LogP contribution >= 0.6 is 0 Å². The van der Waals surface area contributed by atoms with Crippen LogP contribution in [0.2, 0.25) is 0 Å². The van der Waals surface area contributed by atoms with Crippen molar-refractivity contribution in [3.8, 4) is 17.1 Å². The van der Waals surface area contributed by atoms with Crippen LogP contribution in [-0.2, 0) is 21.2 Å². The van der Waals surface area contributed by atoms with Gasteiger partial charge in [-0.25, -0.2) is 22.6 Å². The zero-order valence-electron chi connectivity index (χ0n) is 22.3. The van der Waals surface area contributed by atoms with Crippen molar-refractivity contribution >= 4 is 15.5 Å². The molecule has 0 aliphatic rings. The Hall–Kier alpha value is -3.58. The fraction of sp³-hybridized carbons (Fsp3) is 0.370. The van der Waals surface area contributed by atoms with Gasteiger partial charge in [-0.3, -0.25) is 4.79 Å². The summed E-state index contributed by atoms with van der Waals surface area (Å²) < 4.78 is 42.0. The van der Waals surface area contributed by atoms with Crippen LogP contribution in [0, 0.1) is 6.92 Å². The molecule has 4 aromatic rings. The lowest BCUT2D eigenvalue weighted by Gasteiger charge is -2.24. The fourth-order valence-electron chi connectivity index (χ4n) is 4.40. The molecule has 3 N–H and O–H groups in total. The van der Waals surface area contributed by atoms with E-state index in [-0.39, 0.29) is 17.3 Å². The minimum Gasteiger partial charge on any atom is -0.493 e. The zero-order valence-corrected chi connectivity index (χ0v) is 23.2. The molecule has 0 aliphatic heterocycles. The molecule has 2 aromatic heterocycles. The summed E-state index contributed by atoms with van der Waals surface area (Å²) in [5, 5.41) is 15.5. The maximum atomic E-state index is 13.5. The van der Waals surface area contributed by atoms with Gasteiger partial charge in [0.25, 0.3) is 5.56 Å². The summed E-state index contributed by atoms with van der Waals surface area (Å²) in [4.78, 5) is 20.2. The number of hydrogen-bond acceptors (Lipinski definition) is 8. The van der Waals surface area contributed by atoms with Gasteiger partial charge in [-0.05, 0) is 44.0 Å². The van der Waals surface area contributed by atoms with E-state index in [0.717, 1.165) is 6.42 Å². The average Bonchev–Trinajstić information content (AvgIpc) is 3.24. The van der Waals surface area contributed by atoms with E-state index in [2.05, 4.69) is 19.8 Å². The number of H-pyrrole nitrogens is 1. The van der Waals surface area contributed by atoms with Crippen molar-refractivity contribution in [3.05, 3.63) is 76.0 Å². The molecular formula is C27H33N5O6S. The second-order valence-corrected chi connectivity index (χ2v) is 10.8. The molecule has 0 radical (unpaired) electrons. The molecule has 0 spiro atoms. The van der Waals surface area contributed by atoms with Gasteiger partial charge in [0.05, 0.1) is 41.5 Å². The minimum atomic E-state index is -4.15. The lowest BCUT2D eigenvalue weighted by molar-refractivity contribution is 0.0800. The van der Waals surface area contributed by atoms with Gasteiger partial charge in [0.2, 0.25) is 10.0 Å². The minimum absolute atomic E-state index is 0.0646. The van der Waals surface area contributed by atoms with Gasteiger partial charge in [0, 0.05) is 13.5 Å². The van der Waals surface area contributed by atoms with Gasteiger partial charge in [-0.15, -0.1) is 5.10 Å². The highest BCUT2D eigenvalue weighted by molar-refractivity contribution is 7.89. The first-order chi connectivity index (χ1) is 18.7. The van der Waals surface area contributed by atoms with Crippen molar-refractivity contribution in [2.45, 2.75) is 50.7 Å². The van der Waals surface area contributed by atoms with Gasteiger partial charge in [0.15, 0.2) is 11.3 Å². The molecule has 11 nitrogen and oxygen atoms in total. The van der Waals surface area contributed by atoms with Crippen LogP contribution < -0.4 is 15.0 Å². The van der Waals surface area contributed by atoms with E-state index in [4.69, 9.17) is 9.47 Å². The Bertz CT molecular complexity index is 1600. The maximum Gasteiger partial charge on any atom is 0.277 e. The Morgan fingerprint density at radius 3 is 2.56 bits per heavy atom. The van der Waals surface area contributed by atoms with Gasteiger partial charge in [-0.1, -0.05) is 37.3 Å². The van der Waals surface area contributed by atoms with Crippen molar-refractivity contribution in [3.63, 3.8) is 0 Å². The third kappa shape index (κ3) is 6.04. The number of aliphatic hydroxyl groups is 1. The number of aliphatic hydroxyl groups excluding tert-OH is 1. The SMILES string of the molecule is CCCc1nc(C)c2c(=O)[nH]c(-c3cc(S(=O)(=O)NC(COC)[C@@H](O)c4ccccc4)ccc3OCC)nn12. The summed E-state index contributed by atoms with van der Waals surface area (Å²) in [6, 6.07) is 12.1. The highest BCUT2D eigenvalue weighted by Crippen LogP contribution is 2.31. The number of imidazole rings is 1. The number of fused-ring (bicyclic) bond motifs is 1. The molecule has 0 amide bonds. The fourth-order valence-corrected chi connectivity index (χ4v) is 5.66. The number of aromatic nitrogens is 4. The number of methoxy groups -OCH3 is 1. The van der Waals surface area contributed by atoms with Crippen LogP contribution in [0.25, 0.3) is 16.9 Å². The Labute approximate surface area is 226 Å².